The first-order valence-electron chi connectivity index (χ1n) is 5.35. The van der Waals surface area contributed by atoms with E-state index in [1.54, 1.807) is 24.3 Å². The molecule has 0 unspecified atom stereocenters. The molecule has 2 rings (SSSR count). The van der Waals surface area contributed by atoms with Gasteiger partial charge in [0.15, 0.2) is 0 Å². The lowest BCUT2D eigenvalue weighted by Crippen LogP contribution is -2.15. The minimum atomic E-state index is -0.300. The zero-order valence-corrected chi connectivity index (χ0v) is 10.5. The number of amides is 1. The van der Waals surface area contributed by atoms with Crippen molar-refractivity contribution in [3.05, 3.63) is 52.7 Å². The summed E-state index contributed by atoms with van der Waals surface area (Å²) in [6, 6.07) is 8.50. The largest absolute Gasteiger partial charge is 0.398 e. The van der Waals surface area contributed by atoms with Crippen LogP contribution in [0.3, 0.4) is 0 Å². The number of carbonyl (C=O) groups excluding carboxylic acids is 1. The second-order valence-corrected chi connectivity index (χ2v) is 4.34. The van der Waals surface area contributed by atoms with Gasteiger partial charge in [-0.15, -0.1) is 0 Å². The first-order valence-corrected chi connectivity index (χ1v) is 5.73. The number of nitrogens with zero attached hydrogens (tertiary/aromatic N) is 1. The van der Waals surface area contributed by atoms with Crippen molar-refractivity contribution in [1.29, 1.82) is 0 Å². The lowest BCUT2D eigenvalue weighted by Gasteiger charge is -2.07. The molecule has 1 aromatic heterocycles. The van der Waals surface area contributed by atoms with Crippen molar-refractivity contribution >= 4 is 29.0 Å². The highest BCUT2D eigenvalue weighted by molar-refractivity contribution is 6.30. The molecule has 3 N–H and O–H groups in total. The van der Waals surface area contributed by atoms with Crippen molar-refractivity contribution in [1.82, 2.24) is 4.98 Å². The van der Waals surface area contributed by atoms with Crippen LogP contribution in [-0.4, -0.2) is 10.9 Å². The molecule has 1 aromatic carbocycles. The van der Waals surface area contributed by atoms with Gasteiger partial charge in [0.1, 0.15) is 5.82 Å². The molecule has 1 amide bonds. The maximum atomic E-state index is 12.0. The number of hydrogen-bond donors (Lipinski definition) is 2. The van der Waals surface area contributed by atoms with Crippen LogP contribution in [0.4, 0.5) is 11.5 Å². The van der Waals surface area contributed by atoms with Crippen LogP contribution in [0.15, 0.2) is 36.5 Å². The standard InChI is InChI=1S/C13H12ClN3O/c1-8-2-3-11(15)10(6-8)13(18)17-12-7-9(14)4-5-16-12/h2-7H,15H2,1H3,(H,16,17,18). The Morgan fingerprint density at radius 1 is 1.33 bits per heavy atom. The lowest BCUT2D eigenvalue weighted by atomic mass is 10.1. The maximum absolute atomic E-state index is 12.0. The molecule has 18 heavy (non-hydrogen) atoms. The van der Waals surface area contributed by atoms with E-state index in [1.165, 1.54) is 6.20 Å². The summed E-state index contributed by atoms with van der Waals surface area (Å²) < 4.78 is 0. The van der Waals surface area contributed by atoms with Gasteiger partial charge in [-0.3, -0.25) is 4.79 Å². The Morgan fingerprint density at radius 3 is 2.83 bits per heavy atom. The van der Waals surface area contributed by atoms with Gasteiger partial charge in [-0.05, 0) is 31.2 Å². The van der Waals surface area contributed by atoms with Crippen LogP contribution in [0, 0.1) is 6.92 Å². The molecule has 0 spiro atoms. The van der Waals surface area contributed by atoms with Gasteiger partial charge in [-0.1, -0.05) is 23.2 Å². The minimum absolute atomic E-state index is 0.300. The van der Waals surface area contributed by atoms with E-state index >= 15 is 0 Å². The monoisotopic (exact) mass is 261 g/mol. The van der Waals surface area contributed by atoms with Crippen LogP contribution in [-0.2, 0) is 0 Å². The molecule has 1 heterocycles. The highest BCUT2D eigenvalue weighted by Crippen LogP contribution is 2.17. The Kier molecular flexibility index (Phi) is 3.48. The topological polar surface area (TPSA) is 68.0 Å². The van der Waals surface area contributed by atoms with Crippen molar-refractivity contribution in [2.24, 2.45) is 0 Å². The number of anilines is 2. The van der Waals surface area contributed by atoms with E-state index in [1.807, 2.05) is 13.0 Å². The van der Waals surface area contributed by atoms with Gasteiger partial charge in [-0.2, -0.15) is 0 Å². The molecule has 0 aliphatic carbocycles. The Labute approximate surface area is 110 Å². The van der Waals surface area contributed by atoms with Crippen LogP contribution < -0.4 is 11.1 Å². The predicted octanol–water partition coefficient (Wildman–Crippen LogP) is 2.88. The second kappa shape index (κ2) is 5.06. The number of carbonyl (C=O) groups is 1. The van der Waals surface area contributed by atoms with Gasteiger partial charge in [0, 0.05) is 16.9 Å². The number of aryl methyl sites for hydroxylation is 1. The summed E-state index contributed by atoms with van der Waals surface area (Å²) in [6.07, 6.45) is 1.53. The highest BCUT2D eigenvalue weighted by Gasteiger charge is 2.10. The molecule has 4 nitrogen and oxygen atoms in total. The molecular formula is C13H12ClN3O. The van der Waals surface area contributed by atoms with E-state index in [0.717, 1.165) is 5.56 Å². The quantitative estimate of drug-likeness (QED) is 0.817. The van der Waals surface area contributed by atoms with Crippen LogP contribution in [0.5, 0.6) is 0 Å². The number of nitrogens with two attached hydrogens (primary N) is 1. The maximum Gasteiger partial charge on any atom is 0.258 e. The van der Waals surface area contributed by atoms with Crippen molar-refractivity contribution in [2.75, 3.05) is 11.1 Å². The van der Waals surface area contributed by atoms with Crippen molar-refractivity contribution in [2.45, 2.75) is 6.92 Å². The van der Waals surface area contributed by atoms with Crippen LogP contribution in [0.25, 0.3) is 0 Å². The van der Waals surface area contributed by atoms with Gasteiger partial charge in [0.05, 0.1) is 5.56 Å². The zero-order chi connectivity index (χ0) is 13.1. The third-order valence-electron chi connectivity index (χ3n) is 2.42. The Bertz CT molecular complexity index is 599. The van der Waals surface area contributed by atoms with Crippen LogP contribution in [0.2, 0.25) is 5.02 Å². The second-order valence-electron chi connectivity index (χ2n) is 3.90. The van der Waals surface area contributed by atoms with Gasteiger partial charge in [0.25, 0.3) is 5.91 Å². The van der Waals surface area contributed by atoms with E-state index in [2.05, 4.69) is 10.3 Å². The predicted molar refractivity (Wildman–Crippen MR) is 72.8 cm³/mol. The molecule has 0 saturated heterocycles. The van der Waals surface area contributed by atoms with Gasteiger partial charge in [0.2, 0.25) is 0 Å². The fraction of sp³-hybridized carbons (Fsp3) is 0.0769. The Morgan fingerprint density at radius 2 is 2.11 bits per heavy atom. The van der Waals surface area contributed by atoms with E-state index in [4.69, 9.17) is 17.3 Å². The van der Waals surface area contributed by atoms with Crippen molar-refractivity contribution in [3.8, 4) is 0 Å². The Balaban J connectivity index is 2.24. The number of benzene rings is 1. The molecule has 92 valence electrons. The number of rotatable bonds is 2. The Hall–Kier alpha value is -2.07. The number of hydrogen-bond acceptors (Lipinski definition) is 3. The fourth-order valence-electron chi connectivity index (χ4n) is 1.52. The van der Waals surface area contributed by atoms with E-state index in [9.17, 15) is 4.79 Å². The summed E-state index contributed by atoms with van der Waals surface area (Å²) in [4.78, 5) is 16.0. The molecule has 0 saturated carbocycles. The highest BCUT2D eigenvalue weighted by atomic mass is 35.5. The van der Waals surface area contributed by atoms with Crippen molar-refractivity contribution < 1.29 is 4.79 Å². The first-order chi connectivity index (χ1) is 8.56. The lowest BCUT2D eigenvalue weighted by molar-refractivity contribution is 0.102. The normalized spacial score (nSPS) is 10.1. The number of nitrogen functional groups attached to an aromatic ring is 1. The molecule has 0 aliphatic heterocycles. The van der Waals surface area contributed by atoms with Gasteiger partial charge < -0.3 is 11.1 Å². The SMILES string of the molecule is Cc1ccc(N)c(C(=O)Nc2cc(Cl)ccn2)c1. The number of pyridine rings is 1. The number of nitrogens with one attached hydrogen (secondary N) is 1. The minimum Gasteiger partial charge on any atom is -0.398 e. The molecule has 0 aliphatic rings. The molecule has 5 heteroatoms. The summed E-state index contributed by atoms with van der Waals surface area (Å²) in [5, 5.41) is 3.16. The molecule has 0 bridgehead atoms. The third kappa shape index (κ3) is 2.78. The first kappa shape index (κ1) is 12.4. The van der Waals surface area contributed by atoms with Gasteiger partial charge >= 0.3 is 0 Å². The molecule has 0 radical (unpaired) electrons. The van der Waals surface area contributed by atoms with Crippen LogP contribution in [0.1, 0.15) is 15.9 Å². The van der Waals surface area contributed by atoms with E-state index in [-0.39, 0.29) is 5.91 Å². The molecular weight excluding hydrogens is 250 g/mol. The van der Waals surface area contributed by atoms with E-state index < -0.39 is 0 Å². The average molecular weight is 262 g/mol. The fourth-order valence-corrected chi connectivity index (χ4v) is 1.68. The van der Waals surface area contributed by atoms with Crippen LogP contribution >= 0.6 is 11.6 Å². The molecule has 0 atom stereocenters. The third-order valence-corrected chi connectivity index (χ3v) is 2.65. The summed E-state index contributed by atoms with van der Waals surface area (Å²) >= 11 is 5.81. The average Bonchev–Trinajstić information content (AvgIpc) is 2.32. The summed E-state index contributed by atoms with van der Waals surface area (Å²) in [5.74, 6) is 0.0966. The zero-order valence-electron chi connectivity index (χ0n) is 9.77. The molecule has 2 aromatic rings. The van der Waals surface area contributed by atoms with E-state index in [0.29, 0.717) is 22.1 Å². The molecule has 0 fully saturated rings. The summed E-state index contributed by atoms with van der Waals surface area (Å²) in [7, 11) is 0. The summed E-state index contributed by atoms with van der Waals surface area (Å²) in [6.45, 7) is 1.90. The summed E-state index contributed by atoms with van der Waals surface area (Å²) in [5.41, 5.74) is 7.59. The smallest absolute Gasteiger partial charge is 0.258 e. The van der Waals surface area contributed by atoms with Gasteiger partial charge in [-0.25, -0.2) is 4.98 Å². The number of aromatic nitrogens is 1. The van der Waals surface area contributed by atoms with Crippen molar-refractivity contribution in [3.63, 3.8) is 0 Å². The number of halogens is 1.